The lowest BCUT2D eigenvalue weighted by molar-refractivity contribution is 0.0705. The number of nitrogens with zero attached hydrogens (tertiary/aromatic N) is 4. The first kappa shape index (κ1) is 27.8. The molecule has 0 spiro atoms. The lowest BCUT2D eigenvalue weighted by Gasteiger charge is -2.40. The molecule has 4 heterocycles. The van der Waals surface area contributed by atoms with Crippen LogP contribution < -0.4 is 20.1 Å². The highest BCUT2D eigenvalue weighted by Crippen LogP contribution is 2.33. The number of pyridine rings is 1. The zero-order chi connectivity index (χ0) is 29.1. The molecule has 2 amide bonds. The number of carbonyl (C=O) groups excluding carboxylic acids is 2. The predicted molar refractivity (Wildman–Crippen MR) is 159 cm³/mol. The van der Waals surface area contributed by atoms with E-state index in [1.54, 1.807) is 24.3 Å². The molecule has 10 nitrogen and oxygen atoms in total. The number of hydrogen-bond acceptors (Lipinski definition) is 8. The molecule has 2 N–H and O–H groups in total. The van der Waals surface area contributed by atoms with Crippen LogP contribution in [0.25, 0.3) is 0 Å². The number of benzene rings is 2. The molecule has 2 saturated heterocycles. The average Bonchev–Trinajstić information content (AvgIpc) is 3.03. The summed E-state index contributed by atoms with van der Waals surface area (Å²) in [5.41, 5.74) is 9.47. The Kier molecular flexibility index (Phi) is 8.14. The third-order valence-corrected chi connectivity index (χ3v) is 8.48. The summed E-state index contributed by atoms with van der Waals surface area (Å²) in [6.45, 7) is 3.97. The van der Waals surface area contributed by atoms with Crippen molar-refractivity contribution in [3.8, 4) is 11.5 Å². The maximum atomic E-state index is 13.5. The van der Waals surface area contributed by atoms with Gasteiger partial charge in [0.2, 0.25) is 0 Å². The van der Waals surface area contributed by atoms with Crippen molar-refractivity contribution in [2.45, 2.75) is 51.0 Å². The van der Waals surface area contributed by atoms with Crippen molar-refractivity contribution in [1.82, 2.24) is 14.8 Å². The standard InChI is InChI=1S/C32H37N5O5/c1-40-29-19-26(42-25-12-15-35(16-13-25)20-22-6-4-14-34-30(22)33)8-9-27(29)31(38)36-17-10-24(11-18-36)37-28-7-3-2-5-23(28)21-41-32(37)39/h2-9,14,19,24-25H,10-13,15-18,20-21H2,1H3,(H2,33,34). The monoisotopic (exact) mass is 571 g/mol. The number of ether oxygens (including phenoxy) is 3. The average molecular weight is 572 g/mol. The van der Waals surface area contributed by atoms with Gasteiger partial charge in [0.15, 0.2) is 0 Å². The van der Waals surface area contributed by atoms with E-state index in [1.807, 2.05) is 53.4 Å². The molecule has 3 aromatic rings. The van der Waals surface area contributed by atoms with E-state index >= 15 is 0 Å². The second-order valence-electron chi connectivity index (χ2n) is 11.1. The number of nitrogen functional groups attached to an aromatic ring is 1. The first-order valence-corrected chi connectivity index (χ1v) is 14.6. The van der Waals surface area contributed by atoms with E-state index in [0.29, 0.717) is 55.4 Å². The number of carbonyl (C=O) groups is 2. The van der Waals surface area contributed by atoms with Gasteiger partial charge in [-0.1, -0.05) is 24.3 Å². The Morgan fingerprint density at radius 2 is 1.81 bits per heavy atom. The minimum Gasteiger partial charge on any atom is -0.496 e. The number of likely N-dealkylation sites (tertiary alicyclic amines) is 2. The van der Waals surface area contributed by atoms with E-state index in [1.165, 1.54) is 0 Å². The Labute approximate surface area is 246 Å². The molecule has 0 atom stereocenters. The third-order valence-electron chi connectivity index (χ3n) is 8.48. The molecule has 0 bridgehead atoms. The highest BCUT2D eigenvalue weighted by Gasteiger charge is 2.35. The number of nitrogens with two attached hydrogens (primary N) is 1. The lowest BCUT2D eigenvalue weighted by atomic mass is 10.00. The lowest BCUT2D eigenvalue weighted by Crippen LogP contribution is -2.50. The van der Waals surface area contributed by atoms with E-state index in [2.05, 4.69) is 9.88 Å². The third kappa shape index (κ3) is 5.85. The summed E-state index contributed by atoms with van der Waals surface area (Å²) >= 11 is 0. The van der Waals surface area contributed by atoms with Gasteiger partial charge < -0.3 is 24.8 Å². The zero-order valence-electron chi connectivity index (χ0n) is 23.9. The van der Waals surface area contributed by atoms with Gasteiger partial charge in [0.1, 0.15) is 30.0 Å². The van der Waals surface area contributed by atoms with Crippen LogP contribution in [0.4, 0.5) is 16.3 Å². The molecule has 6 rings (SSSR count). The second kappa shape index (κ2) is 12.3. The largest absolute Gasteiger partial charge is 0.496 e. The van der Waals surface area contributed by atoms with Gasteiger partial charge >= 0.3 is 6.09 Å². The van der Waals surface area contributed by atoms with Crippen molar-refractivity contribution in [3.05, 3.63) is 77.5 Å². The Balaban J connectivity index is 1.04. The molecule has 42 heavy (non-hydrogen) atoms. The van der Waals surface area contributed by atoms with Gasteiger partial charge in [-0.2, -0.15) is 0 Å². The highest BCUT2D eigenvalue weighted by molar-refractivity contribution is 5.97. The number of para-hydroxylation sites is 1. The number of anilines is 2. The molecule has 220 valence electrons. The maximum absolute atomic E-state index is 13.5. The number of fused-ring (bicyclic) bond motifs is 1. The van der Waals surface area contributed by atoms with Crippen molar-refractivity contribution < 1.29 is 23.8 Å². The van der Waals surface area contributed by atoms with E-state index in [9.17, 15) is 9.59 Å². The van der Waals surface area contributed by atoms with Gasteiger partial charge in [-0.3, -0.25) is 14.6 Å². The van der Waals surface area contributed by atoms with Crippen LogP contribution in [0.15, 0.2) is 60.8 Å². The summed E-state index contributed by atoms with van der Waals surface area (Å²) in [6, 6.07) is 17.2. The Bertz CT molecular complexity index is 1430. The van der Waals surface area contributed by atoms with E-state index in [-0.39, 0.29) is 24.1 Å². The molecule has 0 unspecified atom stereocenters. The van der Waals surface area contributed by atoms with E-state index in [0.717, 1.165) is 49.3 Å². The number of rotatable bonds is 7. The molecule has 0 radical (unpaired) electrons. The Morgan fingerprint density at radius 1 is 1.02 bits per heavy atom. The van der Waals surface area contributed by atoms with Crippen LogP contribution in [0.1, 0.15) is 47.2 Å². The quantitative estimate of drug-likeness (QED) is 0.442. The van der Waals surface area contributed by atoms with Crippen LogP contribution >= 0.6 is 0 Å². The van der Waals surface area contributed by atoms with E-state index in [4.69, 9.17) is 19.9 Å². The van der Waals surface area contributed by atoms with Crippen molar-refractivity contribution in [3.63, 3.8) is 0 Å². The normalized spacial score (nSPS) is 18.4. The number of cyclic esters (lactones) is 1. The first-order chi connectivity index (χ1) is 20.5. The second-order valence-corrected chi connectivity index (χ2v) is 11.1. The summed E-state index contributed by atoms with van der Waals surface area (Å²) in [5, 5.41) is 0. The summed E-state index contributed by atoms with van der Waals surface area (Å²) in [6.07, 6.45) is 4.61. The molecule has 2 aromatic carbocycles. The fraction of sp³-hybridized carbons (Fsp3) is 0.406. The summed E-state index contributed by atoms with van der Waals surface area (Å²) in [4.78, 5) is 36.3. The first-order valence-electron chi connectivity index (χ1n) is 14.6. The molecule has 0 aliphatic carbocycles. The van der Waals surface area contributed by atoms with Gasteiger partial charge in [0.05, 0.1) is 18.4 Å². The van der Waals surface area contributed by atoms with Crippen molar-refractivity contribution in [1.29, 1.82) is 0 Å². The highest BCUT2D eigenvalue weighted by atomic mass is 16.6. The topological polar surface area (TPSA) is 110 Å². The molecular weight excluding hydrogens is 534 g/mol. The molecule has 3 aliphatic heterocycles. The predicted octanol–water partition coefficient (Wildman–Crippen LogP) is 4.48. The summed E-state index contributed by atoms with van der Waals surface area (Å²) in [5.74, 6) is 1.69. The van der Waals surface area contributed by atoms with Crippen LogP contribution in [0.3, 0.4) is 0 Å². The molecule has 2 fully saturated rings. The number of methoxy groups -OCH3 is 1. The van der Waals surface area contributed by atoms with Crippen molar-refractivity contribution in [2.24, 2.45) is 0 Å². The fourth-order valence-electron chi connectivity index (χ4n) is 6.14. The van der Waals surface area contributed by atoms with Gasteiger partial charge in [0.25, 0.3) is 5.91 Å². The number of amides is 2. The van der Waals surface area contributed by atoms with Gasteiger partial charge in [-0.15, -0.1) is 0 Å². The summed E-state index contributed by atoms with van der Waals surface area (Å²) < 4.78 is 17.3. The Hall–Kier alpha value is -4.31. The van der Waals surface area contributed by atoms with Gasteiger partial charge in [-0.25, -0.2) is 9.78 Å². The SMILES string of the molecule is COc1cc(OC2CCN(Cc3cccnc3N)CC2)ccc1C(=O)N1CCC(N2C(=O)OCc3ccccc32)CC1. The minimum absolute atomic E-state index is 0.0196. The van der Waals surface area contributed by atoms with Crippen LogP contribution in [0.5, 0.6) is 11.5 Å². The number of aromatic nitrogens is 1. The smallest absolute Gasteiger partial charge is 0.414 e. The molecule has 3 aliphatic rings. The number of hydrogen-bond donors (Lipinski definition) is 1. The summed E-state index contributed by atoms with van der Waals surface area (Å²) in [7, 11) is 1.57. The van der Waals surface area contributed by atoms with Crippen LogP contribution in [-0.2, 0) is 17.9 Å². The van der Waals surface area contributed by atoms with Crippen LogP contribution in [0.2, 0.25) is 0 Å². The van der Waals surface area contributed by atoms with Crippen LogP contribution in [0, 0.1) is 0 Å². The molecule has 0 saturated carbocycles. The van der Waals surface area contributed by atoms with Crippen molar-refractivity contribution in [2.75, 3.05) is 43.9 Å². The zero-order valence-corrected chi connectivity index (χ0v) is 23.9. The molecule has 10 heteroatoms. The van der Waals surface area contributed by atoms with Gasteiger partial charge in [-0.05, 0) is 49.9 Å². The maximum Gasteiger partial charge on any atom is 0.414 e. The van der Waals surface area contributed by atoms with Crippen molar-refractivity contribution >= 4 is 23.5 Å². The van der Waals surface area contributed by atoms with Gasteiger partial charge in [0, 0.05) is 62.2 Å². The Morgan fingerprint density at radius 3 is 2.57 bits per heavy atom. The molecule has 1 aromatic heterocycles. The van der Waals surface area contributed by atoms with E-state index < -0.39 is 0 Å². The van der Waals surface area contributed by atoms with Crippen LogP contribution in [-0.4, -0.2) is 72.2 Å². The fourth-order valence-corrected chi connectivity index (χ4v) is 6.14. The molecular formula is C32H37N5O5. The minimum atomic E-state index is -0.320. The number of piperidine rings is 2.